The number of carboxylic acid groups (broad SMARTS) is 1. The average Bonchev–Trinajstić information content (AvgIpc) is 2.63. The van der Waals surface area contributed by atoms with Crippen molar-refractivity contribution in [3.8, 4) is 0 Å². The van der Waals surface area contributed by atoms with Crippen LogP contribution in [0.25, 0.3) is 0 Å². The van der Waals surface area contributed by atoms with Gasteiger partial charge >= 0.3 is 5.97 Å². The summed E-state index contributed by atoms with van der Waals surface area (Å²) in [5.41, 5.74) is 0. The van der Waals surface area contributed by atoms with E-state index in [2.05, 4.69) is 20.7 Å². The Bertz CT molecular complexity index is 524. The van der Waals surface area contributed by atoms with E-state index in [4.69, 9.17) is 5.11 Å². The lowest BCUT2D eigenvalue weighted by Crippen LogP contribution is -2.39. The molecule has 1 aromatic heterocycles. The number of sulfonamides is 1. The Labute approximate surface area is 118 Å². The summed E-state index contributed by atoms with van der Waals surface area (Å²) < 4.78 is 27.4. The molecule has 0 aliphatic carbocycles. The van der Waals surface area contributed by atoms with Crippen LogP contribution >= 0.6 is 27.3 Å². The van der Waals surface area contributed by atoms with Gasteiger partial charge in [0, 0.05) is 6.04 Å². The topological polar surface area (TPSA) is 83.5 Å². The van der Waals surface area contributed by atoms with E-state index >= 15 is 0 Å². The molecule has 5 nitrogen and oxygen atoms in total. The highest BCUT2D eigenvalue weighted by Gasteiger charge is 2.25. The molecule has 18 heavy (non-hydrogen) atoms. The van der Waals surface area contributed by atoms with Crippen molar-refractivity contribution in [1.29, 1.82) is 0 Å². The minimum atomic E-state index is -3.65. The monoisotopic (exact) mass is 355 g/mol. The summed E-state index contributed by atoms with van der Waals surface area (Å²) in [6.07, 6.45) is -0.233. The van der Waals surface area contributed by atoms with Crippen LogP contribution in [0.1, 0.15) is 20.3 Å². The first kappa shape index (κ1) is 15.6. The van der Waals surface area contributed by atoms with E-state index in [1.54, 1.807) is 19.9 Å². The second-order valence-corrected chi connectivity index (χ2v) is 8.53. The summed E-state index contributed by atoms with van der Waals surface area (Å²) in [5, 5.41) is 8.76. The fourth-order valence-electron chi connectivity index (χ4n) is 1.30. The van der Waals surface area contributed by atoms with Crippen molar-refractivity contribution >= 4 is 43.3 Å². The van der Waals surface area contributed by atoms with Crippen LogP contribution in [0, 0.1) is 5.92 Å². The Balaban J connectivity index is 2.89. The Kier molecular flexibility index (Phi) is 5.32. The lowest BCUT2D eigenvalue weighted by molar-refractivity contribution is -0.137. The fourth-order valence-corrected chi connectivity index (χ4v) is 4.71. The molecule has 8 heteroatoms. The van der Waals surface area contributed by atoms with E-state index in [9.17, 15) is 13.2 Å². The van der Waals surface area contributed by atoms with Gasteiger partial charge in [-0.2, -0.15) is 0 Å². The van der Waals surface area contributed by atoms with Gasteiger partial charge < -0.3 is 5.11 Å². The van der Waals surface area contributed by atoms with Gasteiger partial charge in [-0.25, -0.2) is 13.1 Å². The van der Waals surface area contributed by atoms with Crippen molar-refractivity contribution in [2.45, 2.75) is 30.5 Å². The van der Waals surface area contributed by atoms with Gasteiger partial charge in [0.25, 0.3) is 0 Å². The third kappa shape index (κ3) is 4.34. The molecule has 0 aliphatic heterocycles. The minimum absolute atomic E-state index is 0.0979. The molecule has 1 unspecified atom stereocenters. The van der Waals surface area contributed by atoms with Gasteiger partial charge in [0.05, 0.1) is 10.2 Å². The molecule has 2 N–H and O–H groups in total. The molecule has 0 spiro atoms. The third-order valence-corrected chi connectivity index (χ3v) is 5.92. The number of aliphatic carboxylic acids is 1. The van der Waals surface area contributed by atoms with Crippen LogP contribution in [0.4, 0.5) is 0 Å². The van der Waals surface area contributed by atoms with Gasteiger partial charge in [0.15, 0.2) is 0 Å². The molecule has 102 valence electrons. The highest BCUT2D eigenvalue weighted by atomic mass is 79.9. The third-order valence-electron chi connectivity index (χ3n) is 2.32. The summed E-state index contributed by atoms with van der Waals surface area (Å²) in [6.45, 7) is 3.56. The van der Waals surface area contributed by atoms with Gasteiger partial charge in [0.1, 0.15) is 4.21 Å². The molecule has 0 aromatic carbocycles. The van der Waals surface area contributed by atoms with Crippen LogP contribution < -0.4 is 4.72 Å². The van der Waals surface area contributed by atoms with E-state index < -0.39 is 22.0 Å². The second-order valence-electron chi connectivity index (χ2n) is 4.13. The van der Waals surface area contributed by atoms with Crippen molar-refractivity contribution in [1.82, 2.24) is 4.72 Å². The molecule has 1 aromatic rings. The summed E-state index contributed by atoms with van der Waals surface area (Å²) in [7, 11) is -3.65. The highest BCUT2D eigenvalue weighted by Crippen LogP contribution is 2.26. The summed E-state index contributed by atoms with van der Waals surface area (Å²) in [4.78, 5) is 10.7. The van der Waals surface area contributed by atoms with Crippen LogP contribution in [-0.2, 0) is 14.8 Å². The molecule has 0 fully saturated rings. The van der Waals surface area contributed by atoms with E-state index in [0.717, 1.165) is 11.3 Å². The van der Waals surface area contributed by atoms with Crippen LogP contribution in [-0.4, -0.2) is 25.5 Å². The minimum Gasteiger partial charge on any atom is -0.481 e. The molecule has 0 bridgehead atoms. The Hall–Kier alpha value is -0.440. The molecule has 0 aliphatic rings. The van der Waals surface area contributed by atoms with E-state index in [1.807, 2.05) is 0 Å². The summed E-state index contributed by atoms with van der Waals surface area (Å²) in [5.74, 6) is -1.12. The van der Waals surface area contributed by atoms with Gasteiger partial charge in [-0.15, -0.1) is 11.3 Å². The maximum absolute atomic E-state index is 12.0. The highest BCUT2D eigenvalue weighted by molar-refractivity contribution is 9.11. The zero-order chi connectivity index (χ0) is 13.9. The van der Waals surface area contributed by atoms with Crippen molar-refractivity contribution in [2.24, 2.45) is 5.92 Å². The number of carboxylic acids is 1. The molecule has 1 rings (SSSR count). The number of thiophene rings is 1. The predicted octanol–water partition coefficient (Wildman–Crippen LogP) is 2.29. The van der Waals surface area contributed by atoms with E-state index in [-0.39, 0.29) is 16.5 Å². The molecule has 0 radical (unpaired) electrons. The number of rotatable bonds is 6. The number of nitrogens with one attached hydrogen (secondary N) is 1. The average molecular weight is 356 g/mol. The van der Waals surface area contributed by atoms with E-state index in [1.165, 1.54) is 6.07 Å². The van der Waals surface area contributed by atoms with Crippen LogP contribution in [0.5, 0.6) is 0 Å². The van der Waals surface area contributed by atoms with Crippen LogP contribution in [0.3, 0.4) is 0 Å². The standard InChI is InChI=1S/C10H14BrNO4S2/c1-6(2)7(5-9(13)14)12-18(15,16)10-4-3-8(11)17-10/h3-4,6-7,12H,5H2,1-2H3,(H,13,14). The largest absolute Gasteiger partial charge is 0.481 e. The van der Waals surface area contributed by atoms with Gasteiger partial charge in [0.2, 0.25) is 10.0 Å². The maximum Gasteiger partial charge on any atom is 0.304 e. The SMILES string of the molecule is CC(C)C(CC(=O)O)NS(=O)(=O)c1ccc(Br)s1. The molecule has 0 saturated heterocycles. The smallest absolute Gasteiger partial charge is 0.304 e. The number of hydrogen-bond donors (Lipinski definition) is 2. The molecular formula is C10H14BrNO4S2. The predicted molar refractivity (Wildman–Crippen MR) is 73.2 cm³/mol. The maximum atomic E-state index is 12.0. The second kappa shape index (κ2) is 6.14. The number of carbonyl (C=O) groups is 1. The fraction of sp³-hybridized carbons (Fsp3) is 0.500. The Morgan fingerprint density at radius 1 is 1.50 bits per heavy atom. The zero-order valence-electron chi connectivity index (χ0n) is 9.88. The lowest BCUT2D eigenvalue weighted by Gasteiger charge is -2.19. The normalized spacial score (nSPS) is 13.8. The first-order valence-corrected chi connectivity index (χ1v) is 8.31. The first-order chi connectivity index (χ1) is 8.22. The van der Waals surface area contributed by atoms with Crippen molar-refractivity contribution in [2.75, 3.05) is 0 Å². The lowest BCUT2D eigenvalue weighted by atomic mass is 10.0. The van der Waals surface area contributed by atoms with Crippen molar-refractivity contribution < 1.29 is 18.3 Å². The van der Waals surface area contributed by atoms with Crippen molar-refractivity contribution in [3.63, 3.8) is 0 Å². The van der Waals surface area contributed by atoms with Crippen molar-refractivity contribution in [3.05, 3.63) is 15.9 Å². The van der Waals surface area contributed by atoms with Crippen LogP contribution in [0.15, 0.2) is 20.1 Å². The number of halogens is 1. The zero-order valence-corrected chi connectivity index (χ0v) is 13.1. The molecular weight excluding hydrogens is 342 g/mol. The summed E-state index contributed by atoms with van der Waals surface area (Å²) in [6, 6.07) is 2.50. The van der Waals surface area contributed by atoms with Crippen LogP contribution in [0.2, 0.25) is 0 Å². The Morgan fingerprint density at radius 3 is 2.50 bits per heavy atom. The molecule has 0 amide bonds. The van der Waals surface area contributed by atoms with E-state index in [0.29, 0.717) is 3.79 Å². The summed E-state index contributed by atoms with van der Waals surface area (Å²) >= 11 is 4.28. The van der Waals surface area contributed by atoms with Gasteiger partial charge in [-0.3, -0.25) is 4.79 Å². The Morgan fingerprint density at radius 2 is 2.11 bits per heavy atom. The first-order valence-electron chi connectivity index (χ1n) is 5.22. The molecule has 1 atom stereocenters. The van der Waals surface area contributed by atoms with Gasteiger partial charge in [-0.1, -0.05) is 13.8 Å². The van der Waals surface area contributed by atoms with Gasteiger partial charge in [-0.05, 0) is 34.0 Å². The molecule has 1 heterocycles. The molecule has 0 saturated carbocycles. The number of hydrogen-bond acceptors (Lipinski definition) is 4. The quantitative estimate of drug-likeness (QED) is 0.819.